The third-order valence-corrected chi connectivity index (χ3v) is 4.38. The van der Waals surface area contributed by atoms with Crippen molar-refractivity contribution in [2.45, 2.75) is 6.92 Å². The molecule has 27 heavy (non-hydrogen) atoms. The first kappa shape index (κ1) is 18.5. The molecule has 1 aromatic heterocycles. The fourth-order valence-corrected chi connectivity index (χ4v) is 2.83. The average molecular weight is 370 g/mol. The average Bonchev–Trinajstić information content (AvgIpc) is 2.69. The molecule has 8 heteroatoms. The predicted octanol–water partition coefficient (Wildman–Crippen LogP) is 1.78. The lowest BCUT2D eigenvalue weighted by atomic mass is 10.2. The normalized spacial score (nSPS) is 14.0. The number of benzene rings is 1. The number of amides is 3. The number of anilines is 1. The van der Waals surface area contributed by atoms with Gasteiger partial charge in [-0.1, -0.05) is 12.1 Å². The summed E-state index contributed by atoms with van der Waals surface area (Å²) in [4.78, 5) is 43.7. The molecule has 3 amide bonds. The molecular formula is C19H19FN4O3. The van der Waals surface area contributed by atoms with E-state index in [1.807, 2.05) is 0 Å². The Hall–Kier alpha value is -3.29. The summed E-state index contributed by atoms with van der Waals surface area (Å²) < 4.78 is 13.7. The van der Waals surface area contributed by atoms with E-state index in [9.17, 15) is 18.8 Å². The van der Waals surface area contributed by atoms with Crippen molar-refractivity contribution in [1.29, 1.82) is 0 Å². The van der Waals surface area contributed by atoms with Crippen LogP contribution in [-0.2, 0) is 4.79 Å². The molecule has 1 fully saturated rings. The molecule has 0 radical (unpaired) electrons. The second-order valence-corrected chi connectivity index (χ2v) is 6.16. The van der Waals surface area contributed by atoms with Gasteiger partial charge in [0.05, 0.1) is 5.69 Å². The lowest BCUT2D eigenvalue weighted by molar-refractivity contribution is -0.130. The summed E-state index contributed by atoms with van der Waals surface area (Å²) in [6.45, 7) is 3.25. The van der Waals surface area contributed by atoms with Crippen molar-refractivity contribution in [3.05, 3.63) is 59.7 Å². The minimum atomic E-state index is -0.542. The van der Waals surface area contributed by atoms with Crippen molar-refractivity contribution in [2.75, 3.05) is 31.5 Å². The molecule has 0 unspecified atom stereocenters. The zero-order chi connectivity index (χ0) is 19.4. The van der Waals surface area contributed by atoms with E-state index in [0.717, 1.165) is 0 Å². The fraction of sp³-hybridized carbons (Fsp3) is 0.263. The van der Waals surface area contributed by atoms with Gasteiger partial charge in [-0.25, -0.2) is 4.39 Å². The SMILES string of the molecule is CC(=O)N1CCN(C(=O)c2cc(C(=O)Nc3ccccc3F)ccn2)CC1. The van der Waals surface area contributed by atoms with Crippen LogP contribution in [0.2, 0.25) is 0 Å². The van der Waals surface area contributed by atoms with Crippen molar-refractivity contribution < 1.29 is 18.8 Å². The van der Waals surface area contributed by atoms with Gasteiger partial charge in [0.25, 0.3) is 11.8 Å². The molecule has 1 aliphatic rings. The van der Waals surface area contributed by atoms with Gasteiger partial charge in [-0.3, -0.25) is 19.4 Å². The fourth-order valence-electron chi connectivity index (χ4n) is 2.83. The first-order chi connectivity index (χ1) is 13.0. The number of nitrogens with zero attached hydrogens (tertiary/aromatic N) is 3. The maximum Gasteiger partial charge on any atom is 0.272 e. The minimum absolute atomic E-state index is 0.0213. The molecule has 0 bridgehead atoms. The third kappa shape index (κ3) is 4.28. The summed E-state index contributed by atoms with van der Waals surface area (Å²) in [5.74, 6) is -1.40. The largest absolute Gasteiger partial charge is 0.339 e. The van der Waals surface area contributed by atoms with Gasteiger partial charge >= 0.3 is 0 Å². The topological polar surface area (TPSA) is 82.6 Å². The Morgan fingerprint density at radius 3 is 2.37 bits per heavy atom. The predicted molar refractivity (Wildman–Crippen MR) is 96.7 cm³/mol. The lowest BCUT2D eigenvalue weighted by Crippen LogP contribution is -2.50. The highest BCUT2D eigenvalue weighted by molar-refractivity contribution is 6.05. The van der Waals surface area contributed by atoms with E-state index in [1.54, 1.807) is 15.9 Å². The van der Waals surface area contributed by atoms with Crippen LogP contribution >= 0.6 is 0 Å². The standard InChI is InChI=1S/C19H19FN4O3/c1-13(25)23-8-10-24(11-9-23)19(27)17-12-14(6-7-21-17)18(26)22-16-5-3-2-4-15(16)20/h2-7,12H,8-11H2,1H3,(H,22,26). The summed E-state index contributed by atoms with van der Waals surface area (Å²) in [5, 5.41) is 2.48. The first-order valence-corrected chi connectivity index (χ1v) is 8.52. The van der Waals surface area contributed by atoms with Crippen LogP contribution in [-0.4, -0.2) is 58.7 Å². The molecular weight excluding hydrogens is 351 g/mol. The van der Waals surface area contributed by atoms with E-state index in [0.29, 0.717) is 26.2 Å². The Kier molecular flexibility index (Phi) is 5.44. The van der Waals surface area contributed by atoms with Gasteiger partial charge in [-0.15, -0.1) is 0 Å². The Bertz CT molecular complexity index is 879. The molecule has 1 N–H and O–H groups in total. The number of halogens is 1. The molecule has 2 aromatic rings. The van der Waals surface area contributed by atoms with E-state index in [2.05, 4.69) is 10.3 Å². The minimum Gasteiger partial charge on any atom is -0.339 e. The van der Waals surface area contributed by atoms with E-state index in [4.69, 9.17) is 0 Å². The summed E-state index contributed by atoms with van der Waals surface area (Å²) in [6.07, 6.45) is 1.37. The van der Waals surface area contributed by atoms with Crippen LogP contribution in [0.5, 0.6) is 0 Å². The molecule has 0 atom stereocenters. The van der Waals surface area contributed by atoms with Gasteiger partial charge in [0.2, 0.25) is 5.91 Å². The van der Waals surface area contributed by atoms with Crippen molar-refractivity contribution in [3.8, 4) is 0 Å². The van der Waals surface area contributed by atoms with Crippen LogP contribution in [0.3, 0.4) is 0 Å². The number of hydrogen-bond donors (Lipinski definition) is 1. The van der Waals surface area contributed by atoms with Gasteiger partial charge < -0.3 is 15.1 Å². The molecule has 0 aliphatic carbocycles. The Morgan fingerprint density at radius 1 is 1.04 bits per heavy atom. The molecule has 2 heterocycles. The van der Waals surface area contributed by atoms with E-state index in [1.165, 1.54) is 43.5 Å². The van der Waals surface area contributed by atoms with Crippen molar-refractivity contribution >= 4 is 23.4 Å². The number of pyridine rings is 1. The smallest absolute Gasteiger partial charge is 0.272 e. The first-order valence-electron chi connectivity index (χ1n) is 8.52. The molecule has 1 saturated heterocycles. The summed E-state index contributed by atoms with van der Waals surface area (Å²) >= 11 is 0. The zero-order valence-corrected chi connectivity index (χ0v) is 14.8. The van der Waals surface area contributed by atoms with Gasteiger partial charge in [0.1, 0.15) is 11.5 Å². The van der Waals surface area contributed by atoms with E-state index < -0.39 is 11.7 Å². The van der Waals surface area contributed by atoms with Crippen LogP contribution in [0.25, 0.3) is 0 Å². The molecule has 3 rings (SSSR count). The molecule has 140 valence electrons. The summed E-state index contributed by atoms with van der Waals surface area (Å²) in [6, 6.07) is 8.68. The highest BCUT2D eigenvalue weighted by Gasteiger charge is 2.24. The summed E-state index contributed by atoms with van der Waals surface area (Å²) in [5.41, 5.74) is 0.402. The Balaban J connectivity index is 1.70. The van der Waals surface area contributed by atoms with E-state index in [-0.39, 0.29) is 28.8 Å². The summed E-state index contributed by atoms with van der Waals surface area (Å²) in [7, 11) is 0. The van der Waals surface area contributed by atoms with E-state index >= 15 is 0 Å². The monoisotopic (exact) mass is 370 g/mol. The Morgan fingerprint density at radius 2 is 1.70 bits per heavy atom. The number of piperazine rings is 1. The van der Waals surface area contributed by atoms with Gasteiger partial charge in [0.15, 0.2) is 0 Å². The lowest BCUT2D eigenvalue weighted by Gasteiger charge is -2.34. The maximum absolute atomic E-state index is 13.7. The molecule has 0 saturated carbocycles. The second-order valence-electron chi connectivity index (χ2n) is 6.16. The molecule has 1 aromatic carbocycles. The van der Waals surface area contributed by atoms with Crippen molar-refractivity contribution in [1.82, 2.24) is 14.8 Å². The van der Waals surface area contributed by atoms with Crippen LogP contribution in [0.15, 0.2) is 42.6 Å². The van der Waals surface area contributed by atoms with Crippen LogP contribution in [0.4, 0.5) is 10.1 Å². The number of carbonyl (C=O) groups is 3. The van der Waals surface area contributed by atoms with Gasteiger partial charge in [0, 0.05) is 44.9 Å². The molecule has 7 nitrogen and oxygen atoms in total. The third-order valence-electron chi connectivity index (χ3n) is 4.38. The Labute approximate surface area is 155 Å². The zero-order valence-electron chi connectivity index (χ0n) is 14.8. The quantitative estimate of drug-likeness (QED) is 0.893. The number of nitrogens with one attached hydrogen (secondary N) is 1. The van der Waals surface area contributed by atoms with Crippen molar-refractivity contribution in [2.24, 2.45) is 0 Å². The molecule has 0 spiro atoms. The number of rotatable bonds is 3. The highest BCUT2D eigenvalue weighted by atomic mass is 19.1. The van der Waals surface area contributed by atoms with Crippen LogP contribution in [0, 0.1) is 5.82 Å². The van der Waals surface area contributed by atoms with Crippen molar-refractivity contribution in [3.63, 3.8) is 0 Å². The highest BCUT2D eigenvalue weighted by Crippen LogP contribution is 2.15. The van der Waals surface area contributed by atoms with Gasteiger partial charge in [-0.2, -0.15) is 0 Å². The number of hydrogen-bond acceptors (Lipinski definition) is 4. The number of para-hydroxylation sites is 1. The maximum atomic E-state index is 13.7. The van der Waals surface area contributed by atoms with Crippen LogP contribution < -0.4 is 5.32 Å². The number of aromatic nitrogens is 1. The van der Waals surface area contributed by atoms with Crippen LogP contribution in [0.1, 0.15) is 27.8 Å². The second kappa shape index (κ2) is 7.94. The van der Waals surface area contributed by atoms with Gasteiger partial charge in [-0.05, 0) is 24.3 Å². The molecule has 1 aliphatic heterocycles. The number of carbonyl (C=O) groups excluding carboxylic acids is 3.